The van der Waals surface area contributed by atoms with Gasteiger partial charge in [0.2, 0.25) is 5.71 Å². The van der Waals surface area contributed by atoms with Crippen molar-refractivity contribution in [1.29, 1.82) is 0 Å². The van der Waals surface area contributed by atoms with E-state index in [0.717, 1.165) is 88.7 Å². The first-order valence-electron chi connectivity index (χ1n) is 17.0. The van der Waals surface area contributed by atoms with E-state index in [1.165, 1.54) is 0 Å². The van der Waals surface area contributed by atoms with Gasteiger partial charge < -0.3 is 9.32 Å². The Balaban J connectivity index is 1.02. The quantitative estimate of drug-likeness (QED) is 0.174. The van der Waals surface area contributed by atoms with Gasteiger partial charge in [-0.3, -0.25) is 19.9 Å². The second-order valence-corrected chi connectivity index (χ2v) is 12.7. The van der Waals surface area contributed by atoms with Crippen LogP contribution in [0.2, 0.25) is 0 Å². The number of benzene rings is 4. The summed E-state index contributed by atoms with van der Waals surface area (Å²) in [5.41, 5.74) is 10.3. The third kappa shape index (κ3) is 5.28. The molecule has 0 saturated heterocycles. The Morgan fingerprint density at radius 2 is 0.942 bits per heavy atom. The fourth-order valence-electron chi connectivity index (χ4n) is 6.83. The summed E-state index contributed by atoms with van der Waals surface area (Å²) >= 11 is 0. The van der Waals surface area contributed by atoms with E-state index >= 15 is 0 Å². The van der Waals surface area contributed by atoms with Crippen LogP contribution in [-0.2, 0) is 0 Å². The van der Waals surface area contributed by atoms with Crippen molar-refractivity contribution in [3.8, 4) is 33.8 Å². The summed E-state index contributed by atoms with van der Waals surface area (Å²) < 4.78 is 6.08. The Hall–Kier alpha value is -7.25. The lowest BCUT2D eigenvalue weighted by Crippen LogP contribution is -2.09. The number of aromatic nitrogens is 5. The van der Waals surface area contributed by atoms with Crippen molar-refractivity contribution in [2.45, 2.75) is 0 Å². The number of rotatable bonds is 6. The molecule has 0 radical (unpaired) electrons. The van der Waals surface area contributed by atoms with E-state index in [2.05, 4.69) is 118 Å². The molecular weight excluding hydrogens is 641 g/mol. The van der Waals surface area contributed by atoms with Crippen LogP contribution < -0.4 is 4.90 Å². The maximum atomic E-state index is 6.08. The van der Waals surface area contributed by atoms with Crippen molar-refractivity contribution in [2.75, 3.05) is 4.90 Å². The number of hydrogen-bond acceptors (Lipinski definition) is 7. The molecule has 0 saturated carbocycles. The summed E-state index contributed by atoms with van der Waals surface area (Å²) in [4.78, 5) is 25.2. The topological polar surface area (TPSA) is 80.8 Å². The van der Waals surface area contributed by atoms with Gasteiger partial charge in [-0.05, 0) is 78.9 Å². The number of hydrogen-bond donors (Lipinski definition) is 0. The SMILES string of the molecule is c1ccc2c(c1)oc1nc(-c3ccc(N(c4ccc(-c5cc6cnccc6cn5)cc4)c4ccc(-c5cc6cnccc6cn5)cc4)cc3)ccc12. The molecule has 0 fully saturated rings. The van der Waals surface area contributed by atoms with Crippen LogP contribution in [-0.4, -0.2) is 24.9 Å². The first-order valence-corrected chi connectivity index (χ1v) is 17.0. The predicted octanol–water partition coefficient (Wildman–Crippen LogP) is 11.3. The fourth-order valence-corrected chi connectivity index (χ4v) is 6.83. The summed E-state index contributed by atoms with van der Waals surface area (Å²) in [6.45, 7) is 0. The summed E-state index contributed by atoms with van der Waals surface area (Å²) in [6, 6.07) is 45.9. The average Bonchev–Trinajstić information content (AvgIpc) is 3.59. The van der Waals surface area contributed by atoms with Crippen LogP contribution in [0.4, 0.5) is 17.1 Å². The smallest absolute Gasteiger partial charge is 0.227 e. The van der Waals surface area contributed by atoms with E-state index in [-0.39, 0.29) is 0 Å². The minimum Gasteiger partial charge on any atom is -0.438 e. The zero-order valence-electron chi connectivity index (χ0n) is 27.8. The van der Waals surface area contributed by atoms with Gasteiger partial charge in [-0.1, -0.05) is 54.6 Å². The van der Waals surface area contributed by atoms with Gasteiger partial charge >= 0.3 is 0 Å². The lowest BCUT2D eigenvalue weighted by Gasteiger charge is -2.26. The van der Waals surface area contributed by atoms with Gasteiger partial charge in [-0.2, -0.15) is 0 Å². The molecule has 0 atom stereocenters. The van der Waals surface area contributed by atoms with Crippen LogP contribution in [0.5, 0.6) is 0 Å². The lowest BCUT2D eigenvalue weighted by atomic mass is 10.1. The maximum Gasteiger partial charge on any atom is 0.227 e. The largest absolute Gasteiger partial charge is 0.438 e. The highest BCUT2D eigenvalue weighted by atomic mass is 16.3. The highest BCUT2D eigenvalue weighted by molar-refractivity contribution is 6.04. The van der Waals surface area contributed by atoms with Crippen molar-refractivity contribution < 1.29 is 4.42 Å². The number of furan rings is 1. The van der Waals surface area contributed by atoms with Crippen LogP contribution in [0.25, 0.3) is 77.4 Å². The Labute approximate surface area is 298 Å². The fraction of sp³-hybridized carbons (Fsp3) is 0. The molecule has 6 aromatic heterocycles. The number of pyridine rings is 5. The molecule has 0 bridgehead atoms. The second-order valence-electron chi connectivity index (χ2n) is 12.7. The Bertz CT molecular complexity index is 2780. The molecule has 6 heterocycles. The van der Waals surface area contributed by atoms with E-state index in [1.807, 2.05) is 55.1 Å². The molecule has 4 aromatic carbocycles. The molecule has 52 heavy (non-hydrogen) atoms. The first-order chi connectivity index (χ1) is 25.7. The second kappa shape index (κ2) is 12.3. The van der Waals surface area contributed by atoms with Gasteiger partial charge in [-0.15, -0.1) is 0 Å². The van der Waals surface area contributed by atoms with Crippen molar-refractivity contribution in [1.82, 2.24) is 24.9 Å². The molecule has 7 nitrogen and oxygen atoms in total. The van der Waals surface area contributed by atoms with Crippen LogP contribution >= 0.6 is 0 Å². The average molecular weight is 669 g/mol. The minimum absolute atomic E-state index is 0.638. The summed E-state index contributed by atoms with van der Waals surface area (Å²) in [6.07, 6.45) is 11.1. The van der Waals surface area contributed by atoms with Crippen LogP contribution in [0.1, 0.15) is 0 Å². The number of fused-ring (bicyclic) bond motifs is 5. The predicted molar refractivity (Wildman–Crippen MR) is 209 cm³/mol. The van der Waals surface area contributed by atoms with Gasteiger partial charge in [0.25, 0.3) is 0 Å². The minimum atomic E-state index is 0.638. The summed E-state index contributed by atoms with van der Waals surface area (Å²) in [5.74, 6) is 0. The van der Waals surface area contributed by atoms with Crippen LogP contribution in [0.15, 0.2) is 175 Å². The van der Waals surface area contributed by atoms with E-state index in [4.69, 9.17) is 19.4 Å². The molecule has 0 unspecified atom stereocenters. The molecule has 244 valence electrons. The number of para-hydroxylation sites is 1. The Morgan fingerprint density at radius 1 is 0.423 bits per heavy atom. The molecular formula is C45H28N6O. The molecule has 10 rings (SSSR count). The molecule has 7 heteroatoms. The zero-order chi connectivity index (χ0) is 34.4. The summed E-state index contributed by atoms with van der Waals surface area (Å²) in [7, 11) is 0. The van der Waals surface area contributed by atoms with E-state index in [0.29, 0.717) is 5.71 Å². The van der Waals surface area contributed by atoms with Crippen molar-refractivity contribution in [2.24, 2.45) is 0 Å². The van der Waals surface area contributed by atoms with Crippen molar-refractivity contribution in [3.63, 3.8) is 0 Å². The molecule has 0 amide bonds. The van der Waals surface area contributed by atoms with E-state index in [9.17, 15) is 0 Å². The van der Waals surface area contributed by atoms with Gasteiger partial charge in [0.15, 0.2) is 0 Å². The molecule has 0 aliphatic carbocycles. The standard InChI is InChI=1S/C45H28N6O/c1-2-4-44-39(3-1)40-17-18-41(50-45(40)52-44)29-5-11-36(12-6-29)51(37-13-7-30(8-14-37)42-23-34-25-46-21-19-32(34)27-48-42)38-15-9-31(10-16-38)43-24-35-26-47-22-20-33(35)28-49-43/h1-28H. The van der Waals surface area contributed by atoms with E-state index in [1.54, 1.807) is 12.4 Å². The molecule has 10 aromatic rings. The van der Waals surface area contributed by atoms with Gasteiger partial charge in [0.05, 0.1) is 17.1 Å². The maximum absolute atomic E-state index is 6.08. The van der Waals surface area contributed by atoms with E-state index < -0.39 is 0 Å². The third-order valence-electron chi connectivity index (χ3n) is 9.55. The number of anilines is 3. The Kier molecular flexibility index (Phi) is 6.99. The zero-order valence-corrected chi connectivity index (χ0v) is 27.8. The molecule has 0 aliphatic rings. The van der Waals surface area contributed by atoms with Crippen molar-refractivity contribution >= 4 is 60.7 Å². The van der Waals surface area contributed by atoms with Gasteiger partial charge in [0, 0.05) is 103 Å². The van der Waals surface area contributed by atoms with Crippen molar-refractivity contribution in [3.05, 3.63) is 171 Å². The normalized spacial score (nSPS) is 11.5. The number of nitrogens with zero attached hydrogens (tertiary/aromatic N) is 6. The molecule has 0 aliphatic heterocycles. The van der Waals surface area contributed by atoms with Gasteiger partial charge in [-0.25, -0.2) is 4.98 Å². The Morgan fingerprint density at radius 3 is 1.50 bits per heavy atom. The first kappa shape index (κ1) is 29.6. The third-order valence-corrected chi connectivity index (χ3v) is 9.55. The monoisotopic (exact) mass is 668 g/mol. The summed E-state index contributed by atoms with van der Waals surface area (Å²) in [5, 5.41) is 6.34. The highest BCUT2D eigenvalue weighted by Crippen LogP contribution is 2.38. The van der Waals surface area contributed by atoms with Crippen LogP contribution in [0, 0.1) is 0 Å². The van der Waals surface area contributed by atoms with Gasteiger partial charge in [0.1, 0.15) is 5.58 Å². The highest BCUT2D eigenvalue weighted by Gasteiger charge is 2.16. The lowest BCUT2D eigenvalue weighted by molar-refractivity contribution is 0.654. The van der Waals surface area contributed by atoms with Crippen LogP contribution in [0.3, 0.4) is 0 Å². The molecule has 0 spiro atoms. The molecule has 0 N–H and O–H groups in total.